The quantitative estimate of drug-likeness (QED) is 0.733. The molecule has 0 radical (unpaired) electrons. The molecule has 0 aliphatic heterocycles. The van der Waals surface area contributed by atoms with Gasteiger partial charge in [0.05, 0.1) is 21.9 Å². The van der Waals surface area contributed by atoms with Gasteiger partial charge in [0.25, 0.3) is 0 Å². The molecular weight excluding hydrogens is 384 g/mol. The first-order chi connectivity index (χ1) is 12.6. The standard InChI is InChI=1S/C19H18N2O4S2/c1-14-3-7-16(8-4-14)26(22,23)18(12-20)11-19(13-21)27(24,25)17-9-5-15(2)6-10-17/h3-10,18-19H,11H2,1-2H3. The van der Waals surface area contributed by atoms with Gasteiger partial charge in [-0.1, -0.05) is 35.4 Å². The molecule has 2 atom stereocenters. The van der Waals surface area contributed by atoms with Gasteiger partial charge in [-0.05, 0) is 38.1 Å². The molecule has 0 aliphatic carbocycles. The number of aryl methyl sites for hydroxylation is 2. The van der Waals surface area contributed by atoms with Crippen LogP contribution in [0, 0.1) is 36.5 Å². The fourth-order valence-corrected chi connectivity index (χ4v) is 5.46. The Bertz CT molecular complexity index is 1010. The van der Waals surface area contributed by atoms with E-state index in [2.05, 4.69) is 0 Å². The van der Waals surface area contributed by atoms with Gasteiger partial charge in [0, 0.05) is 6.42 Å². The van der Waals surface area contributed by atoms with Crippen molar-refractivity contribution in [2.75, 3.05) is 0 Å². The van der Waals surface area contributed by atoms with Crippen LogP contribution in [-0.2, 0) is 19.7 Å². The van der Waals surface area contributed by atoms with E-state index < -0.39 is 36.6 Å². The zero-order valence-corrected chi connectivity index (χ0v) is 16.5. The molecule has 0 aromatic heterocycles. The third-order valence-electron chi connectivity index (χ3n) is 4.16. The van der Waals surface area contributed by atoms with Crippen LogP contribution in [0.5, 0.6) is 0 Å². The van der Waals surface area contributed by atoms with E-state index in [0.717, 1.165) is 11.1 Å². The lowest BCUT2D eigenvalue weighted by molar-refractivity contribution is 0.576. The van der Waals surface area contributed by atoms with Crippen molar-refractivity contribution in [1.29, 1.82) is 10.5 Å². The SMILES string of the molecule is Cc1ccc(S(=O)(=O)C(C#N)CC(C#N)S(=O)(=O)c2ccc(C)cc2)cc1. The van der Waals surface area contributed by atoms with Crippen molar-refractivity contribution >= 4 is 19.7 Å². The monoisotopic (exact) mass is 402 g/mol. The normalized spacial score (nSPS) is 13.9. The topological polar surface area (TPSA) is 116 Å². The summed E-state index contributed by atoms with van der Waals surface area (Å²) < 4.78 is 50.8. The number of hydrogen-bond acceptors (Lipinski definition) is 6. The summed E-state index contributed by atoms with van der Waals surface area (Å²) in [7, 11) is -8.20. The minimum atomic E-state index is -4.10. The summed E-state index contributed by atoms with van der Waals surface area (Å²) in [6.07, 6.45) is -0.626. The van der Waals surface area contributed by atoms with Gasteiger partial charge >= 0.3 is 0 Å². The number of hydrogen-bond donors (Lipinski definition) is 0. The fraction of sp³-hybridized carbons (Fsp3) is 0.263. The first-order valence-corrected chi connectivity index (χ1v) is 11.1. The Labute approximate surface area is 159 Å². The van der Waals surface area contributed by atoms with Crippen LogP contribution in [0.4, 0.5) is 0 Å². The van der Waals surface area contributed by atoms with E-state index in [4.69, 9.17) is 0 Å². The molecule has 0 heterocycles. The minimum Gasteiger partial charge on any atom is -0.222 e. The smallest absolute Gasteiger partial charge is 0.194 e. The maximum Gasteiger partial charge on any atom is 0.194 e. The second kappa shape index (κ2) is 7.91. The lowest BCUT2D eigenvalue weighted by atomic mass is 10.2. The van der Waals surface area contributed by atoms with E-state index in [1.54, 1.807) is 50.3 Å². The Morgan fingerprint density at radius 2 is 1.00 bits per heavy atom. The van der Waals surface area contributed by atoms with Gasteiger partial charge in [-0.2, -0.15) is 10.5 Å². The molecule has 0 fully saturated rings. The summed E-state index contributed by atoms with van der Waals surface area (Å²) >= 11 is 0. The Morgan fingerprint density at radius 3 is 1.26 bits per heavy atom. The van der Waals surface area contributed by atoms with Crippen LogP contribution < -0.4 is 0 Å². The molecule has 0 saturated heterocycles. The predicted molar refractivity (Wildman–Crippen MR) is 100 cm³/mol. The molecule has 8 heteroatoms. The molecule has 0 aliphatic rings. The Morgan fingerprint density at radius 1 is 0.704 bits per heavy atom. The highest BCUT2D eigenvalue weighted by atomic mass is 32.2. The second-order valence-corrected chi connectivity index (χ2v) is 10.4. The van der Waals surface area contributed by atoms with Crippen molar-refractivity contribution in [1.82, 2.24) is 0 Å². The summed E-state index contributed by atoms with van der Waals surface area (Å²) in [5, 5.41) is 15.4. The number of nitriles is 2. The molecule has 2 rings (SSSR count). The van der Waals surface area contributed by atoms with E-state index in [1.807, 2.05) is 0 Å². The largest absolute Gasteiger partial charge is 0.222 e. The fourth-order valence-electron chi connectivity index (χ4n) is 2.48. The van der Waals surface area contributed by atoms with Crippen molar-refractivity contribution in [3.8, 4) is 12.1 Å². The second-order valence-electron chi connectivity index (χ2n) is 6.19. The van der Waals surface area contributed by atoms with Gasteiger partial charge in [0.1, 0.15) is 0 Å². The molecule has 2 unspecified atom stereocenters. The first kappa shape index (κ1) is 20.6. The van der Waals surface area contributed by atoms with Gasteiger partial charge in [-0.3, -0.25) is 0 Å². The van der Waals surface area contributed by atoms with Gasteiger partial charge < -0.3 is 0 Å². The van der Waals surface area contributed by atoms with E-state index >= 15 is 0 Å². The lowest BCUT2D eigenvalue weighted by Crippen LogP contribution is -2.29. The highest BCUT2D eigenvalue weighted by molar-refractivity contribution is 7.93. The van der Waals surface area contributed by atoms with E-state index in [9.17, 15) is 27.4 Å². The Hall–Kier alpha value is -2.68. The maximum absolute atomic E-state index is 12.7. The van der Waals surface area contributed by atoms with Gasteiger partial charge in [0.15, 0.2) is 30.2 Å². The highest BCUT2D eigenvalue weighted by Gasteiger charge is 2.36. The summed E-state index contributed by atoms with van der Waals surface area (Å²) in [4.78, 5) is -0.159. The molecule has 0 saturated carbocycles. The molecule has 2 aromatic rings. The van der Waals surface area contributed by atoms with Crippen molar-refractivity contribution in [2.24, 2.45) is 0 Å². The van der Waals surface area contributed by atoms with E-state index in [-0.39, 0.29) is 9.79 Å². The molecule has 140 valence electrons. The van der Waals surface area contributed by atoms with Crippen molar-refractivity contribution in [3.05, 3.63) is 59.7 Å². The summed E-state index contributed by atoms with van der Waals surface area (Å²) in [5.74, 6) is 0. The third-order valence-corrected chi connectivity index (χ3v) is 8.12. The van der Waals surface area contributed by atoms with E-state index in [1.165, 1.54) is 24.3 Å². The maximum atomic E-state index is 12.7. The van der Waals surface area contributed by atoms with Crippen LogP contribution in [0.2, 0.25) is 0 Å². The molecule has 6 nitrogen and oxygen atoms in total. The molecule has 0 amide bonds. The van der Waals surface area contributed by atoms with Gasteiger partial charge in [0.2, 0.25) is 0 Å². The van der Waals surface area contributed by atoms with Crippen LogP contribution in [0.3, 0.4) is 0 Å². The Balaban J connectivity index is 2.38. The number of rotatable bonds is 6. The van der Waals surface area contributed by atoms with Crippen molar-refractivity contribution < 1.29 is 16.8 Å². The molecule has 0 bridgehead atoms. The Kier molecular flexibility index (Phi) is 6.04. The number of sulfone groups is 2. The molecule has 2 aromatic carbocycles. The summed E-state index contributed by atoms with van der Waals surface area (Å²) in [5.41, 5.74) is 1.69. The van der Waals surface area contributed by atoms with Crippen molar-refractivity contribution in [3.63, 3.8) is 0 Å². The van der Waals surface area contributed by atoms with Crippen LogP contribution in [0.25, 0.3) is 0 Å². The van der Waals surface area contributed by atoms with Crippen molar-refractivity contribution in [2.45, 2.75) is 40.6 Å². The van der Waals surface area contributed by atoms with Gasteiger partial charge in [-0.25, -0.2) is 16.8 Å². The summed E-state index contributed by atoms with van der Waals surface area (Å²) in [6.45, 7) is 3.58. The number of benzene rings is 2. The van der Waals surface area contributed by atoms with E-state index in [0.29, 0.717) is 0 Å². The zero-order valence-electron chi connectivity index (χ0n) is 14.8. The number of nitrogens with zero attached hydrogens (tertiary/aromatic N) is 2. The summed E-state index contributed by atoms with van der Waals surface area (Å²) in [6, 6.07) is 15.1. The zero-order chi connectivity index (χ0) is 20.2. The van der Waals surface area contributed by atoms with Crippen LogP contribution >= 0.6 is 0 Å². The van der Waals surface area contributed by atoms with Crippen LogP contribution in [0.15, 0.2) is 58.3 Å². The predicted octanol–water partition coefficient (Wildman–Crippen LogP) is 2.73. The van der Waals surface area contributed by atoms with Gasteiger partial charge in [-0.15, -0.1) is 0 Å². The minimum absolute atomic E-state index is 0.0796. The van der Waals surface area contributed by atoms with Crippen LogP contribution in [-0.4, -0.2) is 27.3 Å². The average molecular weight is 402 g/mol. The molecule has 0 N–H and O–H groups in total. The lowest BCUT2D eigenvalue weighted by Gasteiger charge is -2.15. The highest BCUT2D eigenvalue weighted by Crippen LogP contribution is 2.25. The average Bonchev–Trinajstić information content (AvgIpc) is 2.63. The molecule has 0 spiro atoms. The molecule has 27 heavy (non-hydrogen) atoms. The molecular formula is C19H18N2O4S2. The third kappa shape index (κ3) is 4.36. The van der Waals surface area contributed by atoms with Crippen LogP contribution in [0.1, 0.15) is 17.5 Å². The first-order valence-electron chi connectivity index (χ1n) is 8.03.